The number of hydrogen-bond acceptors (Lipinski definition) is 2. The highest BCUT2D eigenvalue weighted by molar-refractivity contribution is 7.26. The molecule has 0 aliphatic heterocycles. The van der Waals surface area contributed by atoms with E-state index < -0.39 is 0 Å². The summed E-state index contributed by atoms with van der Waals surface area (Å²) in [7, 11) is 0. The van der Waals surface area contributed by atoms with E-state index in [-0.39, 0.29) is 0 Å². The summed E-state index contributed by atoms with van der Waals surface area (Å²) in [6.45, 7) is 0. The highest BCUT2D eigenvalue weighted by Gasteiger charge is 2.17. The van der Waals surface area contributed by atoms with Gasteiger partial charge in [0.05, 0.1) is 0 Å². The third-order valence-corrected chi connectivity index (χ3v) is 11.9. The van der Waals surface area contributed by atoms with Crippen molar-refractivity contribution in [1.82, 2.24) is 0 Å². The van der Waals surface area contributed by atoms with Crippen LogP contribution in [0.1, 0.15) is 0 Å². The van der Waals surface area contributed by atoms with Crippen LogP contribution >= 0.6 is 11.3 Å². The van der Waals surface area contributed by atoms with Gasteiger partial charge in [-0.1, -0.05) is 176 Å². The van der Waals surface area contributed by atoms with E-state index in [4.69, 9.17) is 0 Å². The lowest BCUT2D eigenvalue weighted by Gasteiger charge is -2.26. The molecule has 0 bridgehead atoms. The summed E-state index contributed by atoms with van der Waals surface area (Å²) in [5, 5.41) is 2.63. The maximum Gasteiger partial charge on any atom is 0.0467 e. The van der Waals surface area contributed by atoms with Crippen LogP contribution in [0, 0.1) is 0 Å². The molecule has 0 atom stereocenters. The number of benzene rings is 9. The Bertz CT molecular complexity index is 2930. The summed E-state index contributed by atoms with van der Waals surface area (Å²) in [5.41, 5.74) is 15.4. The van der Waals surface area contributed by atoms with Gasteiger partial charge in [-0.15, -0.1) is 11.3 Å². The largest absolute Gasteiger partial charge is 0.310 e. The van der Waals surface area contributed by atoms with Gasteiger partial charge >= 0.3 is 0 Å². The molecule has 56 heavy (non-hydrogen) atoms. The van der Waals surface area contributed by atoms with Crippen molar-refractivity contribution in [3.05, 3.63) is 224 Å². The zero-order chi connectivity index (χ0) is 37.3. The first-order chi connectivity index (χ1) is 27.8. The number of nitrogens with zero attached hydrogens (tertiary/aromatic N) is 1. The van der Waals surface area contributed by atoms with Crippen LogP contribution in [-0.4, -0.2) is 0 Å². The van der Waals surface area contributed by atoms with Gasteiger partial charge in [-0.3, -0.25) is 0 Å². The van der Waals surface area contributed by atoms with Crippen molar-refractivity contribution in [3.8, 4) is 55.6 Å². The molecule has 0 amide bonds. The van der Waals surface area contributed by atoms with Gasteiger partial charge in [-0.25, -0.2) is 0 Å². The van der Waals surface area contributed by atoms with Gasteiger partial charge in [0.2, 0.25) is 0 Å². The second-order valence-corrected chi connectivity index (χ2v) is 15.2. The van der Waals surface area contributed by atoms with Gasteiger partial charge in [0.1, 0.15) is 0 Å². The fourth-order valence-corrected chi connectivity index (χ4v) is 9.16. The highest BCUT2D eigenvalue weighted by Crippen LogP contribution is 2.43. The van der Waals surface area contributed by atoms with Crippen molar-refractivity contribution >= 4 is 48.6 Å². The minimum atomic E-state index is 1.10. The Morgan fingerprint density at radius 2 is 0.768 bits per heavy atom. The van der Waals surface area contributed by atoms with Gasteiger partial charge in [0.25, 0.3) is 0 Å². The Morgan fingerprint density at radius 1 is 0.268 bits per heavy atom. The zero-order valence-electron chi connectivity index (χ0n) is 30.7. The molecular weight excluding hydrogens is 695 g/mol. The molecule has 2 heteroatoms. The summed E-state index contributed by atoms with van der Waals surface area (Å²) < 4.78 is 2.64. The van der Waals surface area contributed by atoms with E-state index in [1.807, 2.05) is 11.3 Å². The maximum absolute atomic E-state index is 2.38. The van der Waals surface area contributed by atoms with Crippen molar-refractivity contribution in [2.45, 2.75) is 0 Å². The highest BCUT2D eigenvalue weighted by atomic mass is 32.1. The molecule has 0 unspecified atom stereocenters. The Labute approximate surface area is 332 Å². The lowest BCUT2D eigenvalue weighted by molar-refractivity contribution is 1.28. The predicted molar refractivity (Wildman–Crippen MR) is 241 cm³/mol. The minimum Gasteiger partial charge on any atom is -0.310 e. The third kappa shape index (κ3) is 6.36. The van der Waals surface area contributed by atoms with Crippen molar-refractivity contribution in [1.29, 1.82) is 0 Å². The fraction of sp³-hybridized carbons (Fsp3) is 0. The molecule has 0 N–H and O–H groups in total. The normalized spacial score (nSPS) is 11.2. The SMILES string of the molecule is c1ccc(-c2ccc(N(c3ccc(-c4ccc(-c5ccccc5)c(-c5ccccc5)c4)cc3)c3cccc(-c4cccc5c4sc4ccccc45)c3)cc2)cc1. The first kappa shape index (κ1) is 33.6. The Morgan fingerprint density at radius 3 is 1.45 bits per heavy atom. The van der Waals surface area contributed by atoms with Crippen molar-refractivity contribution in [2.75, 3.05) is 4.90 Å². The second kappa shape index (κ2) is 14.7. The standard InChI is InChI=1S/C54H37NS/c1-4-14-38(15-5-1)39-26-31-45(32-27-39)55(47-21-12-20-44(36-47)49-23-13-24-51-50-22-10-11-25-53(50)56-54(49)51)46-33-28-40(29-34-46)43-30-35-48(41-16-6-2-7-17-41)52(37-43)42-18-8-3-9-19-42/h1-37H. The maximum atomic E-state index is 2.38. The average Bonchev–Trinajstić information content (AvgIpc) is 3.67. The molecule has 1 aromatic heterocycles. The van der Waals surface area contributed by atoms with Gasteiger partial charge in [-0.2, -0.15) is 0 Å². The molecule has 264 valence electrons. The number of rotatable bonds is 8. The molecule has 0 spiro atoms. The summed E-state index contributed by atoms with van der Waals surface area (Å²) in [5.74, 6) is 0. The van der Waals surface area contributed by atoms with Crippen molar-refractivity contribution in [2.24, 2.45) is 0 Å². The van der Waals surface area contributed by atoms with Crippen molar-refractivity contribution < 1.29 is 0 Å². The molecular formula is C54H37NS. The van der Waals surface area contributed by atoms with E-state index in [1.165, 1.54) is 75.8 Å². The topological polar surface area (TPSA) is 3.24 Å². The molecule has 1 nitrogen and oxygen atoms in total. The summed E-state index contributed by atoms with van der Waals surface area (Å²) >= 11 is 1.87. The number of anilines is 3. The van der Waals surface area contributed by atoms with E-state index in [1.54, 1.807) is 0 Å². The average molecular weight is 732 g/mol. The molecule has 0 aliphatic rings. The zero-order valence-corrected chi connectivity index (χ0v) is 31.5. The lowest BCUT2D eigenvalue weighted by Crippen LogP contribution is -2.10. The predicted octanol–water partition coefficient (Wildman–Crippen LogP) is 15.9. The van der Waals surface area contributed by atoms with Gasteiger partial charge in [0, 0.05) is 37.2 Å². The minimum absolute atomic E-state index is 1.10. The second-order valence-electron chi connectivity index (χ2n) is 14.1. The molecule has 0 radical (unpaired) electrons. The van der Waals surface area contributed by atoms with E-state index in [0.717, 1.165) is 17.1 Å². The molecule has 10 rings (SSSR count). The van der Waals surface area contributed by atoms with Crippen LogP contribution in [0.2, 0.25) is 0 Å². The Hall–Kier alpha value is -7.00. The summed E-state index contributed by atoms with van der Waals surface area (Å²) in [4.78, 5) is 2.38. The van der Waals surface area contributed by atoms with Gasteiger partial charge < -0.3 is 4.90 Å². The van der Waals surface area contributed by atoms with E-state index in [2.05, 4.69) is 229 Å². The molecule has 0 aliphatic carbocycles. The van der Waals surface area contributed by atoms with Crippen LogP contribution < -0.4 is 4.90 Å². The van der Waals surface area contributed by atoms with E-state index in [9.17, 15) is 0 Å². The van der Waals surface area contributed by atoms with E-state index in [0.29, 0.717) is 0 Å². The van der Waals surface area contributed by atoms with Gasteiger partial charge in [-0.05, 0) is 104 Å². The Balaban J connectivity index is 1.07. The molecule has 0 saturated heterocycles. The monoisotopic (exact) mass is 731 g/mol. The van der Waals surface area contributed by atoms with Crippen LogP contribution in [0.25, 0.3) is 75.8 Å². The molecule has 0 fully saturated rings. The fourth-order valence-electron chi connectivity index (χ4n) is 7.92. The quantitative estimate of drug-likeness (QED) is 0.150. The first-order valence-electron chi connectivity index (χ1n) is 19.1. The van der Waals surface area contributed by atoms with E-state index >= 15 is 0 Å². The lowest BCUT2D eigenvalue weighted by atomic mass is 9.91. The third-order valence-electron chi connectivity index (χ3n) is 10.7. The summed E-state index contributed by atoms with van der Waals surface area (Å²) in [6, 6.07) is 81.2. The molecule has 9 aromatic carbocycles. The smallest absolute Gasteiger partial charge is 0.0467 e. The molecule has 10 aromatic rings. The first-order valence-corrected chi connectivity index (χ1v) is 19.9. The molecule has 1 heterocycles. The van der Waals surface area contributed by atoms with Crippen LogP contribution in [0.5, 0.6) is 0 Å². The van der Waals surface area contributed by atoms with Crippen LogP contribution in [-0.2, 0) is 0 Å². The van der Waals surface area contributed by atoms with Crippen LogP contribution in [0.4, 0.5) is 17.1 Å². The van der Waals surface area contributed by atoms with Crippen LogP contribution in [0.3, 0.4) is 0 Å². The van der Waals surface area contributed by atoms with Crippen LogP contribution in [0.15, 0.2) is 224 Å². The number of hydrogen-bond donors (Lipinski definition) is 0. The summed E-state index contributed by atoms with van der Waals surface area (Å²) in [6.07, 6.45) is 0. The van der Waals surface area contributed by atoms with Gasteiger partial charge in [0.15, 0.2) is 0 Å². The molecule has 0 saturated carbocycles. The number of thiophene rings is 1. The Kier molecular flexibility index (Phi) is 8.79. The number of fused-ring (bicyclic) bond motifs is 3. The van der Waals surface area contributed by atoms with Crippen molar-refractivity contribution in [3.63, 3.8) is 0 Å².